The molecule has 0 radical (unpaired) electrons. The summed E-state index contributed by atoms with van der Waals surface area (Å²) in [4.78, 5) is 12.4. The number of nitrogens with zero attached hydrogens (tertiary/aromatic N) is 1. The van der Waals surface area contributed by atoms with Crippen LogP contribution in [0.1, 0.15) is 30.4 Å². The van der Waals surface area contributed by atoms with Crippen LogP contribution in [0.15, 0.2) is 47.4 Å². The van der Waals surface area contributed by atoms with E-state index in [2.05, 4.69) is 5.32 Å². The Kier molecular flexibility index (Phi) is 6.36. The van der Waals surface area contributed by atoms with E-state index in [1.165, 1.54) is 16.4 Å². The minimum absolute atomic E-state index is 0.114. The zero-order valence-corrected chi connectivity index (χ0v) is 17.1. The number of amides is 1. The van der Waals surface area contributed by atoms with Crippen molar-refractivity contribution in [1.29, 1.82) is 0 Å². The molecule has 150 valence electrons. The summed E-state index contributed by atoms with van der Waals surface area (Å²) in [7, 11) is -3.47. The summed E-state index contributed by atoms with van der Waals surface area (Å²) in [6.45, 7) is 4.96. The summed E-state index contributed by atoms with van der Waals surface area (Å²) in [5.41, 5.74) is 2.67. The second-order valence-electron chi connectivity index (χ2n) is 7.15. The maximum Gasteiger partial charge on any atom is 0.262 e. The fraction of sp³-hybridized carbons (Fsp3) is 0.381. The number of anilines is 1. The van der Waals surface area contributed by atoms with Crippen LogP contribution >= 0.6 is 0 Å². The van der Waals surface area contributed by atoms with E-state index in [4.69, 9.17) is 4.74 Å². The van der Waals surface area contributed by atoms with Gasteiger partial charge in [0, 0.05) is 18.8 Å². The second-order valence-corrected chi connectivity index (χ2v) is 9.09. The van der Waals surface area contributed by atoms with Crippen LogP contribution in [0.25, 0.3) is 0 Å². The van der Waals surface area contributed by atoms with E-state index in [9.17, 15) is 13.2 Å². The van der Waals surface area contributed by atoms with Crippen LogP contribution in [0.5, 0.6) is 5.75 Å². The first-order chi connectivity index (χ1) is 13.3. The summed E-state index contributed by atoms with van der Waals surface area (Å²) in [6.07, 6.45) is 2.86. The highest BCUT2D eigenvalue weighted by atomic mass is 32.2. The smallest absolute Gasteiger partial charge is 0.262 e. The maximum absolute atomic E-state index is 12.7. The van der Waals surface area contributed by atoms with Gasteiger partial charge in [0.25, 0.3) is 5.91 Å². The number of hydrogen-bond donors (Lipinski definition) is 1. The Hall–Kier alpha value is -2.38. The van der Waals surface area contributed by atoms with Crippen LogP contribution < -0.4 is 10.1 Å². The van der Waals surface area contributed by atoms with Gasteiger partial charge in [-0.2, -0.15) is 4.31 Å². The lowest BCUT2D eigenvalue weighted by Crippen LogP contribution is -2.35. The molecule has 0 aliphatic carbocycles. The van der Waals surface area contributed by atoms with E-state index in [1.807, 2.05) is 32.0 Å². The van der Waals surface area contributed by atoms with Gasteiger partial charge in [-0.05, 0) is 74.2 Å². The van der Waals surface area contributed by atoms with Gasteiger partial charge in [-0.15, -0.1) is 0 Å². The molecule has 0 bridgehead atoms. The first kappa shape index (κ1) is 20.4. The van der Waals surface area contributed by atoms with E-state index < -0.39 is 10.0 Å². The van der Waals surface area contributed by atoms with Crippen LogP contribution in [0.4, 0.5) is 5.69 Å². The number of piperidine rings is 1. The molecular weight excluding hydrogens is 376 g/mol. The predicted octanol–water partition coefficient (Wildman–Crippen LogP) is 3.50. The Morgan fingerprint density at radius 1 is 1.00 bits per heavy atom. The largest absolute Gasteiger partial charge is 0.484 e. The van der Waals surface area contributed by atoms with E-state index in [1.54, 1.807) is 12.1 Å². The highest BCUT2D eigenvalue weighted by molar-refractivity contribution is 7.89. The molecule has 0 spiro atoms. The van der Waals surface area contributed by atoms with Crippen LogP contribution in [0.2, 0.25) is 0 Å². The first-order valence-corrected chi connectivity index (χ1v) is 10.9. The SMILES string of the molecule is Cc1cc(C)cc(OCC(=O)Nc2ccc(S(=O)(=O)N3CCCCC3)cc2)c1. The molecule has 0 aromatic heterocycles. The molecule has 0 atom stereocenters. The minimum Gasteiger partial charge on any atom is -0.484 e. The van der Waals surface area contributed by atoms with Crippen LogP contribution in [0.3, 0.4) is 0 Å². The zero-order chi connectivity index (χ0) is 20.1. The molecule has 1 aliphatic heterocycles. The average Bonchev–Trinajstić information content (AvgIpc) is 2.67. The van der Waals surface area contributed by atoms with Crippen LogP contribution in [0, 0.1) is 13.8 Å². The van der Waals surface area contributed by atoms with Crippen molar-refractivity contribution in [1.82, 2.24) is 4.31 Å². The summed E-state index contributed by atoms with van der Waals surface area (Å²) in [5.74, 6) is 0.349. The molecule has 6 nitrogen and oxygen atoms in total. The normalized spacial score (nSPS) is 15.2. The van der Waals surface area contributed by atoms with Crippen molar-refractivity contribution in [3.63, 3.8) is 0 Å². The number of sulfonamides is 1. The third kappa shape index (κ3) is 5.11. The van der Waals surface area contributed by atoms with Crippen LogP contribution in [-0.4, -0.2) is 38.3 Å². The van der Waals surface area contributed by atoms with Gasteiger partial charge in [-0.25, -0.2) is 8.42 Å². The van der Waals surface area contributed by atoms with Crippen molar-refractivity contribution in [2.45, 2.75) is 38.0 Å². The quantitative estimate of drug-likeness (QED) is 0.802. The van der Waals surface area contributed by atoms with Gasteiger partial charge >= 0.3 is 0 Å². The second kappa shape index (κ2) is 8.75. The Bertz CT molecular complexity index is 913. The fourth-order valence-electron chi connectivity index (χ4n) is 3.33. The zero-order valence-electron chi connectivity index (χ0n) is 16.3. The summed E-state index contributed by atoms with van der Waals surface area (Å²) in [5, 5.41) is 2.73. The molecule has 0 saturated carbocycles. The van der Waals surface area contributed by atoms with Gasteiger partial charge in [-0.1, -0.05) is 12.5 Å². The topological polar surface area (TPSA) is 75.7 Å². The molecule has 7 heteroatoms. The number of rotatable bonds is 6. The van der Waals surface area contributed by atoms with Crippen molar-refractivity contribution in [2.24, 2.45) is 0 Å². The number of carbonyl (C=O) groups excluding carboxylic acids is 1. The lowest BCUT2D eigenvalue weighted by Gasteiger charge is -2.25. The molecule has 1 amide bonds. The molecule has 0 unspecified atom stereocenters. The molecule has 2 aromatic carbocycles. The average molecular weight is 403 g/mol. The molecule has 1 saturated heterocycles. The summed E-state index contributed by atoms with van der Waals surface area (Å²) >= 11 is 0. The Balaban J connectivity index is 1.58. The van der Waals surface area contributed by atoms with Crippen molar-refractivity contribution >= 4 is 21.6 Å². The molecule has 1 N–H and O–H groups in total. The Morgan fingerprint density at radius 2 is 1.61 bits per heavy atom. The molecule has 1 fully saturated rings. The number of nitrogens with one attached hydrogen (secondary N) is 1. The van der Waals surface area contributed by atoms with Crippen LogP contribution in [-0.2, 0) is 14.8 Å². The van der Waals surface area contributed by atoms with E-state index in [0.717, 1.165) is 30.4 Å². The lowest BCUT2D eigenvalue weighted by molar-refractivity contribution is -0.118. The highest BCUT2D eigenvalue weighted by Gasteiger charge is 2.25. The molecule has 2 aromatic rings. The van der Waals surface area contributed by atoms with Gasteiger partial charge in [-0.3, -0.25) is 4.79 Å². The Labute approximate surface area is 166 Å². The highest BCUT2D eigenvalue weighted by Crippen LogP contribution is 2.22. The van der Waals surface area contributed by atoms with Crippen molar-refractivity contribution in [2.75, 3.05) is 25.0 Å². The van der Waals surface area contributed by atoms with Crippen molar-refractivity contribution in [3.05, 3.63) is 53.6 Å². The fourth-order valence-corrected chi connectivity index (χ4v) is 4.84. The van der Waals surface area contributed by atoms with Gasteiger partial charge in [0.1, 0.15) is 5.75 Å². The van der Waals surface area contributed by atoms with Gasteiger partial charge in [0.15, 0.2) is 6.61 Å². The van der Waals surface area contributed by atoms with E-state index >= 15 is 0 Å². The van der Waals surface area contributed by atoms with Gasteiger partial charge in [0.05, 0.1) is 4.90 Å². The number of aryl methyl sites for hydroxylation is 2. The number of ether oxygens (including phenoxy) is 1. The predicted molar refractivity (Wildman–Crippen MR) is 109 cm³/mol. The number of benzene rings is 2. The summed E-state index contributed by atoms with van der Waals surface area (Å²) < 4.78 is 32.4. The van der Waals surface area contributed by atoms with E-state index in [0.29, 0.717) is 24.5 Å². The first-order valence-electron chi connectivity index (χ1n) is 9.46. The summed E-state index contributed by atoms with van der Waals surface area (Å²) in [6, 6.07) is 12.1. The molecular formula is C21H26N2O4S. The standard InChI is InChI=1S/C21H26N2O4S/c1-16-12-17(2)14-19(13-16)27-15-21(24)22-18-6-8-20(9-7-18)28(25,26)23-10-4-3-5-11-23/h6-9,12-14H,3-5,10-11,15H2,1-2H3,(H,22,24). The van der Waals surface area contributed by atoms with Crippen molar-refractivity contribution in [3.8, 4) is 5.75 Å². The lowest BCUT2D eigenvalue weighted by atomic mass is 10.1. The van der Waals surface area contributed by atoms with Gasteiger partial charge in [0.2, 0.25) is 10.0 Å². The maximum atomic E-state index is 12.7. The Morgan fingerprint density at radius 3 is 2.21 bits per heavy atom. The number of hydrogen-bond acceptors (Lipinski definition) is 4. The number of carbonyl (C=O) groups is 1. The van der Waals surface area contributed by atoms with Crippen molar-refractivity contribution < 1.29 is 17.9 Å². The molecule has 1 aliphatic rings. The minimum atomic E-state index is -3.47. The van der Waals surface area contributed by atoms with E-state index in [-0.39, 0.29) is 17.4 Å². The third-order valence-electron chi connectivity index (χ3n) is 4.66. The van der Waals surface area contributed by atoms with Gasteiger partial charge < -0.3 is 10.1 Å². The third-order valence-corrected chi connectivity index (χ3v) is 6.57. The monoisotopic (exact) mass is 402 g/mol. The molecule has 1 heterocycles. The molecule has 28 heavy (non-hydrogen) atoms. The molecule has 3 rings (SSSR count).